The molecule has 1 N–H and O–H groups in total. The number of aliphatic hydroxyl groups excluding tert-OH is 1. The number of aromatic nitrogens is 1. The molecule has 0 unspecified atom stereocenters. The second kappa shape index (κ2) is 8.13. The van der Waals surface area contributed by atoms with Crippen molar-refractivity contribution in [3.05, 3.63) is 89.7 Å². The third kappa shape index (κ3) is 3.28. The zero-order chi connectivity index (χ0) is 21.4. The van der Waals surface area contributed by atoms with Crippen molar-refractivity contribution in [2.75, 3.05) is 25.2 Å². The topological polar surface area (TPSA) is 65.9 Å². The first-order valence-electron chi connectivity index (χ1n) is 10.5. The highest BCUT2D eigenvalue weighted by Crippen LogP contribution is 2.49. The quantitative estimate of drug-likeness (QED) is 0.694. The largest absolute Gasteiger partial charge is 0.496 e. The predicted molar refractivity (Wildman–Crippen MR) is 118 cm³/mol. The Hall–Kier alpha value is -3.22. The molecule has 1 aromatic heterocycles. The normalized spacial score (nSPS) is 22.3. The van der Waals surface area contributed by atoms with E-state index < -0.39 is 0 Å². The molecule has 3 aromatic rings. The van der Waals surface area contributed by atoms with Crippen LogP contribution in [-0.4, -0.2) is 53.2 Å². The van der Waals surface area contributed by atoms with Crippen LogP contribution in [0.1, 0.15) is 27.4 Å². The van der Waals surface area contributed by atoms with Crippen molar-refractivity contribution in [3.8, 4) is 5.75 Å². The number of pyridine rings is 1. The van der Waals surface area contributed by atoms with Crippen LogP contribution in [0.3, 0.4) is 0 Å². The summed E-state index contributed by atoms with van der Waals surface area (Å²) < 4.78 is 5.53. The maximum Gasteiger partial charge on any atom is 0.258 e. The number of hydrogen-bond acceptors (Lipinski definition) is 5. The minimum atomic E-state index is -0.0296. The van der Waals surface area contributed by atoms with E-state index in [-0.39, 0.29) is 30.5 Å². The Labute approximate surface area is 181 Å². The van der Waals surface area contributed by atoms with E-state index in [9.17, 15) is 9.90 Å². The molecule has 2 aromatic carbocycles. The van der Waals surface area contributed by atoms with Crippen molar-refractivity contribution >= 4 is 11.6 Å². The first kappa shape index (κ1) is 19.7. The van der Waals surface area contributed by atoms with Gasteiger partial charge in [-0.05, 0) is 29.8 Å². The zero-order valence-corrected chi connectivity index (χ0v) is 17.4. The number of hydrogen-bond donors (Lipinski definition) is 1. The number of para-hydroxylation sites is 2. The van der Waals surface area contributed by atoms with Crippen LogP contribution in [0.25, 0.3) is 0 Å². The minimum Gasteiger partial charge on any atom is -0.496 e. The molecule has 1 amide bonds. The molecule has 31 heavy (non-hydrogen) atoms. The number of rotatable bonds is 5. The fraction of sp³-hybridized carbons (Fsp3) is 0.280. The molecular formula is C25H25N3O3. The summed E-state index contributed by atoms with van der Waals surface area (Å²) in [6, 6.07) is 19.7. The van der Waals surface area contributed by atoms with Crippen molar-refractivity contribution in [1.82, 2.24) is 9.88 Å². The molecule has 0 bridgehead atoms. The summed E-state index contributed by atoms with van der Waals surface area (Å²) in [5.41, 5.74) is 3.75. The molecule has 6 nitrogen and oxygen atoms in total. The van der Waals surface area contributed by atoms with Gasteiger partial charge in [0.15, 0.2) is 0 Å². The lowest BCUT2D eigenvalue weighted by molar-refractivity contribution is -0.0491. The number of nitrogens with zero attached hydrogens (tertiary/aromatic N) is 3. The van der Waals surface area contributed by atoms with Crippen LogP contribution in [0.5, 0.6) is 5.75 Å². The number of carbonyl (C=O) groups excluding carboxylic acids is 1. The molecule has 6 heteroatoms. The second-order valence-electron chi connectivity index (χ2n) is 8.04. The lowest BCUT2D eigenvalue weighted by atomic mass is 9.71. The van der Waals surface area contributed by atoms with E-state index in [4.69, 9.17) is 4.74 Å². The van der Waals surface area contributed by atoms with Gasteiger partial charge in [-0.15, -0.1) is 0 Å². The molecule has 0 saturated carbocycles. The highest BCUT2D eigenvalue weighted by Gasteiger charge is 2.53. The van der Waals surface area contributed by atoms with Gasteiger partial charge >= 0.3 is 0 Å². The maximum atomic E-state index is 13.4. The number of anilines is 1. The first-order chi connectivity index (χ1) is 15.2. The standard InChI is InChI=1S/C25H25N3O3/c1-31-23-9-5-2-6-18(23)14-27-21-15-28(25(30)17-10-12-26-13-11-17)20-8-4-3-7-19(20)24(21)22(27)16-29/h2-13,21-22,24,29H,14-16H2,1H3/t21-,22+,24+/m1/s1. The molecule has 0 radical (unpaired) electrons. The Bertz CT molecular complexity index is 1090. The van der Waals surface area contributed by atoms with Crippen molar-refractivity contribution < 1.29 is 14.6 Å². The fourth-order valence-electron chi connectivity index (χ4n) is 5.07. The Morgan fingerprint density at radius 3 is 2.61 bits per heavy atom. The van der Waals surface area contributed by atoms with E-state index in [1.807, 2.05) is 41.3 Å². The van der Waals surface area contributed by atoms with E-state index in [0.717, 1.165) is 22.6 Å². The number of carbonyl (C=O) groups is 1. The summed E-state index contributed by atoms with van der Waals surface area (Å²) in [6.07, 6.45) is 3.29. The summed E-state index contributed by atoms with van der Waals surface area (Å²) in [4.78, 5) is 21.6. The molecule has 158 valence electrons. The average Bonchev–Trinajstić information content (AvgIpc) is 2.83. The number of amides is 1. The lowest BCUT2D eigenvalue weighted by Gasteiger charge is -2.59. The van der Waals surface area contributed by atoms with E-state index in [1.165, 1.54) is 0 Å². The van der Waals surface area contributed by atoms with Gasteiger partial charge in [-0.25, -0.2) is 0 Å². The molecular weight excluding hydrogens is 390 g/mol. The second-order valence-corrected chi connectivity index (χ2v) is 8.04. The SMILES string of the molecule is COc1ccccc1CN1[C@@H]2CN(C(=O)c3ccncc3)c3ccccc3[C@@H]2[C@@H]1CO. The Morgan fingerprint density at radius 2 is 1.84 bits per heavy atom. The monoisotopic (exact) mass is 415 g/mol. The van der Waals surface area contributed by atoms with Gasteiger partial charge in [0.05, 0.1) is 13.7 Å². The van der Waals surface area contributed by atoms with Gasteiger partial charge in [-0.1, -0.05) is 36.4 Å². The Morgan fingerprint density at radius 1 is 1.10 bits per heavy atom. The van der Waals surface area contributed by atoms with Crippen molar-refractivity contribution in [2.24, 2.45) is 0 Å². The molecule has 3 heterocycles. The van der Waals surface area contributed by atoms with E-state index in [0.29, 0.717) is 18.7 Å². The Balaban J connectivity index is 1.50. The smallest absolute Gasteiger partial charge is 0.258 e. The van der Waals surface area contributed by atoms with Crippen LogP contribution in [0.4, 0.5) is 5.69 Å². The Kier molecular flexibility index (Phi) is 5.18. The van der Waals surface area contributed by atoms with Crippen LogP contribution in [0.15, 0.2) is 73.1 Å². The molecule has 1 fully saturated rings. The van der Waals surface area contributed by atoms with Gasteiger partial charge in [-0.2, -0.15) is 0 Å². The van der Waals surface area contributed by atoms with Gasteiger partial charge in [0.1, 0.15) is 5.75 Å². The number of fused-ring (bicyclic) bond motifs is 3. The van der Waals surface area contributed by atoms with Crippen molar-refractivity contribution in [2.45, 2.75) is 24.5 Å². The van der Waals surface area contributed by atoms with Gasteiger partial charge in [-0.3, -0.25) is 14.7 Å². The number of benzene rings is 2. The molecule has 3 atom stereocenters. The summed E-state index contributed by atoms with van der Waals surface area (Å²) in [6.45, 7) is 1.31. The third-order valence-electron chi connectivity index (χ3n) is 6.54. The molecule has 5 rings (SSSR count). The fourth-order valence-corrected chi connectivity index (χ4v) is 5.07. The van der Waals surface area contributed by atoms with Crippen molar-refractivity contribution in [1.29, 1.82) is 0 Å². The molecule has 1 saturated heterocycles. The maximum absolute atomic E-state index is 13.4. The highest BCUT2D eigenvalue weighted by molar-refractivity contribution is 6.07. The van der Waals surface area contributed by atoms with Crippen LogP contribution < -0.4 is 9.64 Å². The third-order valence-corrected chi connectivity index (χ3v) is 6.54. The zero-order valence-electron chi connectivity index (χ0n) is 17.4. The summed E-state index contributed by atoms with van der Waals surface area (Å²) in [5, 5.41) is 10.2. The van der Waals surface area contributed by atoms with Crippen LogP contribution in [0.2, 0.25) is 0 Å². The number of likely N-dealkylation sites (tertiary alicyclic amines) is 1. The minimum absolute atomic E-state index is 0.00856. The van der Waals surface area contributed by atoms with E-state index in [1.54, 1.807) is 31.6 Å². The number of methoxy groups -OCH3 is 1. The van der Waals surface area contributed by atoms with Gasteiger partial charge < -0.3 is 14.7 Å². The van der Waals surface area contributed by atoms with Crippen LogP contribution in [0, 0.1) is 0 Å². The van der Waals surface area contributed by atoms with Crippen LogP contribution in [-0.2, 0) is 6.54 Å². The predicted octanol–water partition coefficient (Wildman–Crippen LogP) is 3.08. The van der Waals surface area contributed by atoms with Gasteiger partial charge in [0, 0.05) is 60.3 Å². The first-order valence-corrected chi connectivity index (χ1v) is 10.5. The van der Waals surface area contributed by atoms with Crippen LogP contribution >= 0.6 is 0 Å². The van der Waals surface area contributed by atoms with Gasteiger partial charge in [0.2, 0.25) is 0 Å². The molecule has 0 aliphatic carbocycles. The number of ether oxygens (including phenoxy) is 1. The summed E-state index contributed by atoms with van der Waals surface area (Å²) >= 11 is 0. The molecule has 0 spiro atoms. The average molecular weight is 415 g/mol. The summed E-state index contributed by atoms with van der Waals surface area (Å²) in [7, 11) is 1.67. The summed E-state index contributed by atoms with van der Waals surface area (Å²) in [5.74, 6) is 0.999. The van der Waals surface area contributed by atoms with Crippen molar-refractivity contribution in [3.63, 3.8) is 0 Å². The number of aliphatic hydroxyl groups is 1. The molecule has 2 aliphatic heterocycles. The van der Waals surface area contributed by atoms with E-state index in [2.05, 4.69) is 22.0 Å². The molecule has 2 aliphatic rings. The van der Waals surface area contributed by atoms with E-state index >= 15 is 0 Å². The lowest BCUT2D eigenvalue weighted by Crippen LogP contribution is -2.68. The highest BCUT2D eigenvalue weighted by atomic mass is 16.5. The van der Waals surface area contributed by atoms with Gasteiger partial charge in [0.25, 0.3) is 5.91 Å².